The first-order valence-electron chi connectivity index (χ1n) is 9.47. The largest absolute Gasteiger partial charge is 0.358 e. The summed E-state index contributed by atoms with van der Waals surface area (Å²) in [6, 6.07) is 13.4. The molecular formula is C22H23N3O2. The Morgan fingerprint density at radius 3 is 2.52 bits per heavy atom. The SMILES string of the molecule is Cc1[nH]c2ccccc2c1C(=O)NC1CCC(C(=O)c2ccccn2)CC1. The van der Waals surface area contributed by atoms with Crippen LogP contribution in [-0.4, -0.2) is 27.7 Å². The molecule has 0 saturated heterocycles. The Hall–Kier alpha value is -2.95. The molecule has 5 heteroatoms. The Kier molecular flexibility index (Phi) is 4.75. The van der Waals surface area contributed by atoms with E-state index < -0.39 is 0 Å². The number of benzene rings is 1. The van der Waals surface area contributed by atoms with E-state index in [1.165, 1.54) is 0 Å². The molecule has 1 aliphatic rings. The van der Waals surface area contributed by atoms with Gasteiger partial charge in [0.2, 0.25) is 0 Å². The van der Waals surface area contributed by atoms with E-state index in [1.54, 1.807) is 12.3 Å². The van der Waals surface area contributed by atoms with E-state index in [4.69, 9.17) is 0 Å². The van der Waals surface area contributed by atoms with Gasteiger partial charge < -0.3 is 10.3 Å². The summed E-state index contributed by atoms with van der Waals surface area (Å²) in [6.07, 6.45) is 4.86. The molecule has 0 aliphatic heterocycles. The van der Waals surface area contributed by atoms with Gasteiger partial charge in [-0.3, -0.25) is 14.6 Å². The second kappa shape index (κ2) is 7.35. The summed E-state index contributed by atoms with van der Waals surface area (Å²) in [5.74, 6) is 0.0835. The van der Waals surface area contributed by atoms with Gasteiger partial charge in [0.05, 0.1) is 5.56 Å². The van der Waals surface area contributed by atoms with Crippen LogP contribution in [0.25, 0.3) is 10.9 Å². The zero-order chi connectivity index (χ0) is 18.8. The number of aryl methyl sites for hydroxylation is 1. The third-order valence-electron chi connectivity index (χ3n) is 5.47. The van der Waals surface area contributed by atoms with E-state index in [0.29, 0.717) is 5.69 Å². The topological polar surface area (TPSA) is 74.8 Å². The molecule has 1 saturated carbocycles. The third-order valence-corrected chi connectivity index (χ3v) is 5.47. The minimum absolute atomic E-state index is 0.00266. The summed E-state index contributed by atoms with van der Waals surface area (Å²) in [5.41, 5.74) is 3.12. The van der Waals surface area contributed by atoms with Gasteiger partial charge in [0.25, 0.3) is 5.91 Å². The summed E-state index contributed by atoms with van der Waals surface area (Å²) in [5, 5.41) is 4.12. The molecule has 2 N–H and O–H groups in total. The smallest absolute Gasteiger partial charge is 0.253 e. The standard InChI is InChI=1S/C22H23N3O2/c1-14-20(17-6-2-3-7-18(17)24-14)22(27)25-16-11-9-15(10-12-16)21(26)19-8-4-5-13-23-19/h2-8,13,15-16,24H,9-12H2,1H3,(H,25,27). The molecule has 27 heavy (non-hydrogen) atoms. The summed E-state index contributed by atoms with van der Waals surface area (Å²) in [6.45, 7) is 1.93. The number of nitrogens with zero attached hydrogens (tertiary/aromatic N) is 1. The van der Waals surface area contributed by atoms with Gasteiger partial charge >= 0.3 is 0 Å². The van der Waals surface area contributed by atoms with E-state index in [9.17, 15) is 9.59 Å². The van der Waals surface area contributed by atoms with Crippen LogP contribution in [0.5, 0.6) is 0 Å². The van der Waals surface area contributed by atoms with Crippen LogP contribution in [0.1, 0.15) is 52.2 Å². The second-order valence-corrected chi connectivity index (χ2v) is 7.27. The van der Waals surface area contributed by atoms with E-state index in [2.05, 4.69) is 15.3 Å². The average molecular weight is 361 g/mol. The monoisotopic (exact) mass is 361 g/mol. The fraction of sp³-hybridized carbons (Fsp3) is 0.318. The maximum absolute atomic E-state index is 12.8. The highest BCUT2D eigenvalue weighted by Crippen LogP contribution is 2.28. The number of H-pyrrole nitrogens is 1. The molecule has 138 valence electrons. The molecule has 4 rings (SSSR count). The Labute approximate surface area is 158 Å². The second-order valence-electron chi connectivity index (χ2n) is 7.27. The van der Waals surface area contributed by atoms with Gasteiger partial charge in [0, 0.05) is 34.8 Å². The summed E-state index contributed by atoms with van der Waals surface area (Å²) < 4.78 is 0. The molecule has 1 aliphatic carbocycles. The van der Waals surface area contributed by atoms with Crippen molar-refractivity contribution in [1.29, 1.82) is 0 Å². The minimum atomic E-state index is -0.0375. The highest BCUT2D eigenvalue weighted by atomic mass is 16.1. The highest BCUT2D eigenvalue weighted by molar-refractivity contribution is 6.08. The number of fused-ring (bicyclic) bond motifs is 1. The van der Waals surface area contributed by atoms with Crippen LogP contribution >= 0.6 is 0 Å². The first kappa shape index (κ1) is 17.5. The van der Waals surface area contributed by atoms with E-state index in [-0.39, 0.29) is 23.7 Å². The quantitative estimate of drug-likeness (QED) is 0.689. The van der Waals surface area contributed by atoms with Crippen LogP contribution in [-0.2, 0) is 0 Å². The molecule has 0 radical (unpaired) electrons. The number of aromatic amines is 1. The molecule has 3 aromatic rings. The van der Waals surface area contributed by atoms with Gasteiger partial charge in [-0.05, 0) is 50.8 Å². The molecular weight excluding hydrogens is 338 g/mol. The van der Waals surface area contributed by atoms with Gasteiger partial charge in [0.1, 0.15) is 5.69 Å². The van der Waals surface area contributed by atoms with Gasteiger partial charge in [0.15, 0.2) is 5.78 Å². The normalized spacial score (nSPS) is 19.7. The number of para-hydroxylation sites is 1. The van der Waals surface area contributed by atoms with Gasteiger partial charge in [-0.2, -0.15) is 0 Å². The van der Waals surface area contributed by atoms with Crippen LogP contribution in [0.15, 0.2) is 48.7 Å². The lowest BCUT2D eigenvalue weighted by Gasteiger charge is -2.28. The van der Waals surface area contributed by atoms with Gasteiger partial charge in [-0.25, -0.2) is 0 Å². The summed E-state index contributed by atoms with van der Waals surface area (Å²) in [4.78, 5) is 32.8. The van der Waals surface area contributed by atoms with Gasteiger partial charge in [-0.15, -0.1) is 0 Å². The number of nitrogens with one attached hydrogen (secondary N) is 2. The molecule has 2 heterocycles. The molecule has 0 unspecified atom stereocenters. The number of hydrogen-bond donors (Lipinski definition) is 2. The zero-order valence-corrected chi connectivity index (χ0v) is 15.4. The van der Waals surface area contributed by atoms with Crippen molar-refractivity contribution in [3.8, 4) is 0 Å². The van der Waals surface area contributed by atoms with Crippen molar-refractivity contribution in [3.05, 3.63) is 65.6 Å². The van der Waals surface area contributed by atoms with Crippen molar-refractivity contribution in [2.24, 2.45) is 5.92 Å². The Morgan fingerprint density at radius 1 is 1.04 bits per heavy atom. The summed E-state index contributed by atoms with van der Waals surface area (Å²) >= 11 is 0. The molecule has 1 aromatic carbocycles. The lowest BCUT2D eigenvalue weighted by Crippen LogP contribution is -2.39. The number of Topliss-reactive ketones (excluding diaryl/α,β-unsaturated/α-hetero) is 1. The molecule has 1 amide bonds. The van der Waals surface area contributed by atoms with Crippen molar-refractivity contribution >= 4 is 22.6 Å². The lowest BCUT2D eigenvalue weighted by atomic mass is 9.82. The Balaban J connectivity index is 1.40. The number of rotatable bonds is 4. The number of aromatic nitrogens is 2. The number of pyridine rings is 1. The summed E-state index contributed by atoms with van der Waals surface area (Å²) in [7, 11) is 0. The van der Waals surface area contributed by atoms with Crippen LogP contribution in [0.4, 0.5) is 0 Å². The molecule has 1 fully saturated rings. The molecule has 0 bridgehead atoms. The van der Waals surface area contributed by atoms with E-state index in [0.717, 1.165) is 47.8 Å². The number of hydrogen-bond acceptors (Lipinski definition) is 3. The van der Waals surface area contributed by atoms with Crippen molar-refractivity contribution in [1.82, 2.24) is 15.3 Å². The Morgan fingerprint density at radius 2 is 1.78 bits per heavy atom. The van der Waals surface area contributed by atoms with E-state index >= 15 is 0 Å². The minimum Gasteiger partial charge on any atom is -0.358 e. The number of amides is 1. The Bertz CT molecular complexity index is 970. The number of carbonyl (C=O) groups excluding carboxylic acids is 2. The third kappa shape index (κ3) is 3.50. The molecule has 0 spiro atoms. The highest BCUT2D eigenvalue weighted by Gasteiger charge is 2.29. The van der Waals surface area contributed by atoms with Crippen molar-refractivity contribution in [2.45, 2.75) is 38.6 Å². The van der Waals surface area contributed by atoms with Crippen molar-refractivity contribution < 1.29 is 9.59 Å². The lowest BCUT2D eigenvalue weighted by molar-refractivity contribution is 0.0858. The predicted octanol–water partition coefficient (Wildman–Crippen LogP) is 4.04. The average Bonchev–Trinajstić information content (AvgIpc) is 3.04. The maximum atomic E-state index is 12.8. The van der Waals surface area contributed by atoms with E-state index in [1.807, 2.05) is 43.3 Å². The fourth-order valence-corrected chi connectivity index (χ4v) is 4.04. The van der Waals surface area contributed by atoms with Crippen LogP contribution in [0.3, 0.4) is 0 Å². The molecule has 0 atom stereocenters. The molecule has 2 aromatic heterocycles. The van der Waals surface area contributed by atoms with Crippen molar-refractivity contribution in [3.63, 3.8) is 0 Å². The van der Waals surface area contributed by atoms with Crippen LogP contribution < -0.4 is 5.32 Å². The first-order valence-corrected chi connectivity index (χ1v) is 9.47. The first-order chi connectivity index (χ1) is 13.1. The molecule has 5 nitrogen and oxygen atoms in total. The fourth-order valence-electron chi connectivity index (χ4n) is 4.04. The van der Waals surface area contributed by atoms with Gasteiger partial charge in [-0.1, -0.05) is 24.3 Å². The van der Waals surface area contributed by atoms with Crippen molar-refractivity contribution in [2.75, 3.05) is 0 Å². The maximum Gasteiger partial charge on any atom is 0.253 e. The van der Waals surface area contributed by atoms with Crippen LogP contribution in [0.2, 0.25) is 0 Å². The zero-order valence-electron chi connectivity index (χ0n) is 15.4. The van der Waals surface area contributed by atoms with Crippen LogP contribution in [0, 0.1) is 12.8 Å². The number of carbonyl (C=O) groups is 2. The predicted molar refractivity (Wildman–Crippen MR) is 105 cm³/mol. The number of ketones is 1.